The largest absolute Gasteiger partial charge is 0.366 e. The van der Waals surface area contributed by atoms with Crippen molar-refractivity contribution >= 4 is 22.6 Å². The fourth-order valence-corrected chi connectivity index (χ4v) is 3.79. The molecule has 3 N–H and O–H groups in total. The van der Waals surface area contributed by atoms with Gasteiger partial charge in [0.2, 0.25) is 0 Å². The number of hydrogen-bond acceptors (Lipinski definition) is 3. The molecule has 1 saturated heterocycles. The number of carbonyl (C=O) groups is 1. The van der Waals surface area contributed by atoms with Crippen LogP contribution >= 0.6 is 0 Å². The molecule has 3 aromatic rings. The van der Waals surface area contributed by atoms with Gasteiger partial charge in [-0.25, -0.2) is 8.91 Å². The van der Waals surface area contributed by atoms with E-state index in [0.29, 0.717) is 17.0 Å². The Bertz CT molecular complexity index is 928. The number of aromatic nitrogens is 3. The van der Waals surface area contributed by atoms with Crippen LogP contribution < -0.4 is 5.73 Å². The minimum absolute atomic E-state index is 0.143. The van der Waals surface area contributed by atoms with Crippen LogP contribution in [0.3, 0.4) is 0 Å². The smallest absolute Gasteiger partial charge is 0.251 e. The SMILES string of the molecule is CCN1CCCC(c2cnn3c2[nH]c2cc(F)cc(C(N)=O)c23)C1. The summed E-state index contributed by atoms with van der Waals surface area (Å²) in [4.78, 5) is 17.3. The second kappa shape index (κ2) is 5.59. The molecular formula is C17H20FN5O. The van der Waals surface area contributed by atoms with Gasteiger partial charge in [0.25, 0.3) is 5.91 Å². The predicted molar refractivity (Wildman–Crippen MR) is 89.6 cm³/mol. The lowest BCUT2D eigenvalue weighted by Crippen LogP contribution is -2.34. The molecule has 0 radical (unpaired) electrons. The summed E-state index contributed by atoms with van der Waals surface area (Å²) in [5.41, 5.74) is 8.57. The van der Waals surface area contributed by atoms with Crippen molar-refractivity contribution in [3.63, 3.8) is 0 Å². The van der Waals surface area contributed by atoms with Crippen molar-refractivity contribution in [2.45, 2.75) is 25.7 Å². The molecule has 1 aliphatic rings. The number of nitrogens with two attached hydrogens (primary N) is 1. The molecule has 6 nitrogen and oxygen atoms in total. The molecule has 1 fully saturated rings. The summed E-state index contributed by atoms with van der Waals surface area (Å²) in [6, 6.07) is 2.54. The van der Waals surface area contributed by atoms with Gasteiger partial charge in [-0.1, -0.05) is 6.92 Å². The van der Waals surface area contributed by atoms with Crippen LogP contribution in [-0.4, -0.2) is 45.0 Å². The Morgan fingerprint density at radius 1 is 1.50 bits per heavy atom. The van der Waals surface area contributed by atoms with Crippen LogP contribution in [0.15, 0.2) is 18.3 Å². The molecule has 7 heteroatoms. The second-order valence-corrected chi connectivity index (χ2v) is 6.43. The number of aromatic amines is 1. The van der Waals surface area contributed by atoms with E-state index in [9.17, 15) is 9.18 Å². The van der Waals surface area contributed by atoms with Crippen LogP contribution in [0.5, 0.6) is 0 Å². The molecule has 3 heterocycles. The van der Waals surface area contributed by atoms with Crippen LogP contribution in [0.1, 0.15) is 41.6 Å². The first-order chi connectivity index (χ1) is 11.6. The first-order valence-electron chi connectivity index (χ1n) is 8.29. The van der Waals surface area contributed by atoms with Crippen LogP contribution in [0.4, 0.5) is 4.39 Å². The minimum atomic E-state index is -0.660. The Morgan fingerprint density at radius 3 is 3.08 bits per heavy atom. The normalized spacial score (nSPS) is 19.3. The zero-order valence-corrected chi connectivity index (χ0v) is 13.6. The Labute approximate surface area is 138 Å². The number of hydrogen-bond donors (Lipinski definition) is 2. The van der Waals surface area contributed by atoms with Crippen LogP contribution in [-0.2, 0) is 0 Å². The Kier molecular flexibility index (Phi) is 3.53. The summed E-state index contributed by atoms with van der Waals surface area (Å²) in [7, 11) is 0. The minimum Gasteiger partial charge on any atom is -0.366 e. The average molecular weight is 329 g/mol. The number of benzene rings is 1. The highest BCUT2D eigenvalue weighted by Gasteiger charge is 2.25. The van der Waals surface area contributed by atoms with Crippen molar-refractivity contribution in [2.24, 2.45) is 5.73 Å². The fourth-order valence-electron chi connectivity index (χ4n) is 3.79. The van der Waals surface area contributed by atoms with E-state index in [0.717, 1.165) is 43.7 Å². The number of nitrogens with zero attached hydrogens (tertiary/aromatic N) is 3. The number of rotatable bonds is 3. The number of halogens is 1. The van der Waals surface area contributed by atoms with Crippen molar-refractivity contribution in [3.05, 3.63) is 35.3 Å². The molecule has 1 amide bonds. The molecule has 126 valence electrons. The summed E-state index contributed by atoms with van der Waals surface area (Å²) in [5.74, 6) is -0.768. The van der Waals surface area contributed by atoms with Gasteiger partial charge in [-0.2, -0.15) is 5.10 Å². The number of likely N-dealkylation sites (tertiary alicyclic amines) is 1. The maximum absolute atomic E-state index is 13.8. The molecular weight excluding hydrogens is 309 g/mol. The maximum atomic E-state index is 13.8. The zero-order chi connectivity index (χ0) is 16.8. The number of carbonyl (C=O) groups excluding carboxylic acids is 1. The van der Waals surface area contributed by atoms with Crippen molar-refractivity contribution in [1.82, 2.24) is 19.5 Å². The van der Waals surface area contributed by atoms with E-state index in [1.165, 1.54) is 12.1 Å². The summed E-state index contributed by atoms with van der Waals surface area (Å²) < 4.78 is 15.5. The molecule has 0 bridgehead atoms. The monoisotopic (exact) mass is 329 g/mol. The van der Waals surface area contributed by atoms with Crippen LogP contribution in [0, 0.1) is 5.82 Å². The summed E-state index contributed by atoms with van der Waals surface area (Å²) in [6.07, 6.45) is 4.10. The topological polar surface area (TPSA) is 79.4 Å². The molecule has 0 saturated carbocycles. The van der Waals surface area contributed by atoms with Crippen molar-refractivity contribution in [2.75, 3.05) is 19.6 Å². The van der Waals surface area contributed by atoms with Gasteiger partial charge in [-0.3, -0.25) is 4.79 Å². The maximum Gasteiger partial charge on any atom is 0.251 e. The second-order valence-electron chi connectivity index (χ2n) is 6.43. The van der Waals surface area contributed by atoms with Crippen molar-refractivity contribution < 1.29 is 9.18 Å². The van der Waals surface area contributed by atoms with Gasteiger partial charge in [-0.05, 0) is 38.1 Å². The molecule has 1 aromatic carbocycles. The number of piperidine rings is 1. The fraction of sp³-hybridized carbons (Fsp3) is 0.412. The highest BCUT2D eigenvalue weighted by atomic mass is 19.1. The number of fused-ring (bicyclic) bond motifs is 3. The van der Waals surface area contributed by atoms with E-state index in [2.05, 4.69) is 21.9 Å². The lowest BCUT2D eigenvalue weighted by atomic mass is 9.92. The molecule has 1 unspecified atom stereocenters. The lowest BCUT2D eigenvalue weighted by molar-refractivity contribution is 0.100. The summed E-state index contributed by atoms with van der Waals surface area (Å²) in [6.45, 7) is 5.32. The number of nitrogens with one attached hydrogen (secondary N) is 1. The standard InChI is InChI=1S/C17H20FN5O/c1-2-22-5-3-4-10(9-22)13-8-20-23-15-12(16(19)24)6-11(18)7-14(15)21-17(13)23/h6-8,10,21H,2-5,9H2,1H3,(H2,19,24). The van der Waals surface area contributed by atoms with Crippen molar-refractivity contribution in [1.29, 1.82) is 0 Å². The molecule has 0 aliphatic carbocycles. The van der Waals surface area contributed by atoms with Gasteiger partial charge in [0.05, 0.1) is 17.3 Å². The highest BCUT2D eigenvalue weighted by Crippen LogP contribution is 2.32. The van der Waals surface area contributed by atoms with Crippen LogP contribution in [0.2, 0.25) is 0 Å². The van der Waals surface area contributed by atoms with Crippen LogP contribution in [0.25, 0.3) is 16.7 Å². The first kappa shape index (κ1) is 15.1. The third-order valence-electron chi connectivity index (χ3n) is 5.00. The average Bonchev–Trinajstić information content (AvgIpc) is 3.12. The number of primary amides is 1. The van der Waals surface area contributed by atoms with Gasteiger partial charge in [-0.15, -0.1) is 0 Å². The van der Waals surface area contributed by atoms with E-state index in [1.54, 1.807) is 4.52 Å². The number of imidazole rings is 1. The van der Waals surface area contributed by atoms with Gasteiger partial charge in [0.1, 0.15) is 17.0 Å². The lowest BCUT2D eigenvalue weighted by Gasteiger charge is -2.31. The number of H-pyrrole nitrogens is 1. The molecule has 24 heavy (non-hydrogen) atoms. The van der Waals surface area contributed by atoms with Crippen molar-refractivity contribution in [3.8, 4) is 0 Å². The van der Waals surface area contributed by atoms with E-state index < -0.39 is 11.7 Å². The van der Waals surface area contributed by atoms with E-state index in [1.807, 2.05) is 6.20 Å². The highest BCUT2D eigenvalue weighted by molar-refractivity contribution is 6.05. The van der Waals surface area contributed by atoms with Gasteiger partial charge in [0, 0.05) is 18.0 Å². The van der Waals surface area contributed by atoms with Gasteiger partial charge >= 0.3 is 0 Å². The Morgan fingerprint density at radius 2 is 2.33 bits per heavy atom. The van der Waals surface area contributed by atoms with E-state index in [4.69, 9.17) is 5.73 Å². The third-order valence-corrected chi connectivity index (χ3v) is 5.00. The number of amides is 1. The molecule has 4 rings (SSSR count). The van der Waals surface area contributed by atoms with E-state index in [-0.39, 0.29) is 5.56 Å². The molecule has 2 aromatic heterocycles. The zero-order valence-electron chi connectivity index (χ0n) is 13.6. The van der Waals surface area contributed by atoms with E-state index >= 15 is 0 Å². The quantitative estimate of drug-likeness (QED) is 0.773. The Balaban J connectivity index is 1.88. The van der Waals surface area contributed by atoms with Gasteiger partial charge < -0.3 is 15.6 Å². The molecule has 1 aliphatic heterocycles. The number of likely N-dealkylation sites (N-methyl/N-ethyl adjacent to an activating group) is 1. The molecule has 1 atom stereocenters. The Hall–Kier alpha value is -2.41. The molecule has 0 spiro atoms. The third kappa shape index (κ3) is 2.27. The predicted octanol–water partition coefficient (Wildman–Crippen LogP) is 2.25. The summed E-state index contributed by atoms with van der Waals surface area (Å²) in [5, 5.41) is 4.44. The van der Waals surface area contributed by atoms with Gasteiger partial charge in [0.15, 0.2) is 0 Å². The summed E-state index contributed by atoms with van der Waals surface area (Å²) >= 11 is 0. The first-order valence-corrected chi connectivity index (χ1v) is 8.29.